The van der Waals surface area contributed by atoms with Gasteiger partial charge in [0.2, 0.25) is 0 Å². The lowest BCUT2D eigenvalue weighted by atomic mass is 9.49. The first-order chi connectivity index (χ1) is 7.73. The Morgan fingerprint density at radius 3 is 2.06 bits per heavy atom. The van der Waals surface area contributed by atoms with Gasteiger partial charge in [0.05, 0.1) is 10.7 Å². The van der Waals surface area contributed by atoms with Crippen molar-refractivity contribution >= 4 is 23.7 Å². The standard InChI is InChI=1S/C14H19NS.ClH/c1-9-15-13(8-16-9)14-5-10-2-11(6-14)4-12(3-10)7-14;/h8,10-12H,2-7H2,1H3;1H. The smallest absolute Gasteiger partial charge is 0.0897 e. The number of thiazole rings is 1. The summed E-state index contributed by atoms with van der Waals surface area (Å²) in [6, 6.07) is 0. The Morgan fingerprint density at radius 2 is 1.65 bits per heavy atom. The zero-order valence-corrected chi connectivity index (χ0v) is 11.9. The average Bonchev–Trinajstić information content (AvgIpc) is 2.63. The molecule has 0 aromatic carbocycles. The molecule has 0 saturated heterocycles. The predicted molar refractivity (Wildman–Crippen MR) is 73.9 cm³/mol. The summed E-state index contributed by atoms with van der Waals surface area (Å²) in [5.41, 5.74) is 1.97. The third kappa shape index (κ3) is 1.76. The van der Waals surface area contributed by atoms with E-state index in [1.165, 1.54) is 49.2 Å². The van der Waals surface area contributed by atoms with Crippen LogP contribution in [0.5, 0.6) is 0 Å². The van der Waals surface area contributed by atoms with Crippen LogP contribution >= 0.6 is 23.7 Å². The van der Waals surface area contributed by atoms with E-state index in [0.29, 0.717) is 5.41 Å². The Balaban J connectivity index is 0.000000902. The molecule has 1 aromatic heterocycles. The van der Waals surface area contributed by atoms with Crippen LogP contribution in [-0.2, 0) is 5.41 Å². The molecule has 0 unspecified atom stereocenters. The lowest BCUT2D eigenvalue weighted by molar-refractivity contribution is -0.00696. The third-order valence-electron chi connectivity index (χ3n) is 5.20. The maximum atomic E-state index is 4.82. The van der Waals surface area contributed by atoms with Crippen molar-refractivity contribution in [2.75, 3.05) is 0 Å². The molecule has 4 bridgehead atoms. The molecule has 1 heterocycles. The first-order valence-corrected chi connectivity index (χ1v) is 7.54. The molecule has 1 aromatic rings. The number of aryl methyl sites for hydroxylation is 1. The van der Waals surface area contributed by atoms with Crippen LogP contribution in [-0.4, -0.2) is 4.98 Å². The maximum absolute atomic E-state index is 4.82. The second-order valence-electron chi connectivity index (χ2n) is 6.45. The van der Waals surface area contributed by atoms with Gasteiger partial charge in [0.15, 0.2) is 0 Å². The van der Waals surface area contributed by atoms with Crippen LogP contribution < -0.4 is 0 Å². The molecule has 17 heavy (non-hydrogen) atoms. The molecule has 0 N–H and O–H groups in total. The summed E-state index contributed by atoms with van der Waals surface area (Å²) >= 11 is 1.84. The van der Waals surface area contributed by atoms with Crippen LogP contribution in [0.1, 0.15) is 49.2 Å². The predicted octanol–water partition coefficient (Wildman–Crippen LogP) is 4.34. The second-order valence-corrected chi connectivity index (χ2v) is 7.51. The fourth-order valence-electron chi connectivity index (χ4n) is 5.03. The lowest BCUT2D eigenvalue weighted by Gasteiger charge is -2.56. The summed E-state index contributed by atoms with van der Waals surface area (Å²) in [6.45, 7) is 2.15. The number of hydrogen-bond donors (Lipinski definition) is 0. The normalized spacial score (nSPS) is 42.5. The quantitative estimate of drug-likeness (QED) is 0.739. The molecule has 5 rings (SSSR count). The van der Waals surface area contributed by atoms with Crippen molar-refractivity contribution in [2.24, 2.45) is 17.8 Å². The van der Waals surface area contributed by atoms with Gasteiger partial charge in [-0.05, 0) is 63.2 Å². The van der Waals surface area contributed by atoms with Gasteiger partial charge in [-0.2, -0.15) is 0 Å². The summed E-state index contributed by atoms with van der Waals surface area (Å²) < 4.78 is 0. The van der Waals surface area contributed by atoms with Gasteiger partial charge in [-0.1, -0.05) is 0 Å². The first kappa shape index (κ1) is 12.0. The molecule has 4 aliphatic rings. The van der Waals surface area contributed by atoms with E-state index < -0.39 is 0 Å². The molecule has 4 saturated carbocycles. The van der Waals surface area contributed by atoms with Crippen LogP contribution in [0, 0.1) is 24.7 Å². The Bertz CT molecular complexity index is 390. The topological polar surface area (TPSA) is 12.9 Å². The Kier molecular flexibility index (Phi) is 2.79. The molecular formula is C14H20ClNS. The molecule has 0 radical (unpaired) electrons. The fourth-order valence-corrected chi connectivity index (χ4v) is 5.77. The molecule has 4 fully saturated rings. The van der Waals surface area contributed by atoms with E-state index in [-0.39, 0.29) is 12.4 Å². The number of nitrogens with zero attached hydrogens (tertiary/aromatic N) is 1. The van der Waals surface area contributed by atoms with Crippen LogP contribution in [0.25, 0.3) is 0 Å². The van der Waals surface area contributed by atoms with Crippen LogP contribution in [0.15, 0.2) is 5.38 Å². The summed E-state index contributed by atoms with van der Waals surface area (Å²) in [4.78, 5) is 4.82. The van der Waals surface area contributed by atoms with E-state index in [9.17, 15) is 0 Å². The Morgan fingerprint density at radius 1 is 1.12 bits per heavy atom. The zero-order valence-electron chi connectivity index (χ0n) is 10.3. The van der Waals surface area contributed by atoms with Crippen molar-refractivity contribution in [3.63, 3.8) is 0 Å². The highest BCUT2D eigenvalue weighted by molar-refractivity contribution is 7.09. The molecule has 0 atom stereocenters. The highest BCUT2D eigenvalue weighted by Gasteiger charge is 2.52. The van der Waals surface area contributed by atoms with Crippen molar-refractivity contribution < 1.29 is 0 Å². The Hall–Kier alpha value is -0.0800. The van der Waals surface area contributed by atoms with Gasteiger partial charge in [0.1, 0.15) is 0 Å². The molecule has 0 amide bonds. The largest absolute Gasteiger partial charge is 0.246 e. The first-order valence-electron chi connectivity index (χ1n) is 6.66. The summed E-state index contributed by atoms with van der Waals surface area (Å²) in [5.74, 6) is 3.11. The Labute approximate surface area is 113 Å². The molecule has 3 heteroatoms. The second kappa shape index (κ2) is 3.96. The van der Waals surface area contributed by atoms with E-state index in [2.05, 4.69) is 12.3 Å². The lowest BCUT2D eigenvalue weighted by Crippen LogP contribution is -2.48. The number of aromatic nitrogens is 1. The van der Waals surface area contributed by atoms with Crippen molar-refractivity contribution in [1.82, 2.24) is 4.98 Å². The summed E-state index contributed by atoms with van der Waals surface area (Å²) in [5, 5.41) is 3.60. The minimum Gasteiger partial charge on any atom is -0.246 e. The van der Waals surface area contributed by atoms with Crippen LogP contribution in [0.3, 0.4) is 0 Å². The van der Waals surface area contributed by atoms with Gasteiger partial charge in [-0.15, -0.1) is 23.7 Å². The summed E-state index contributed by atoms with van der Waals surface area (Å²) in [7, 11) is 0. The highest BCUT2D eigenvalue weighted by Crippen LogP contribution is 2.60. The van der Waals surface area contributed by atoms with Crippen molar-refractivity contribution in [3.8, 4) is 0 Å². The van der Waals surface area contributed by atoms with Gasteiger partial charge in [-0.3, -0.25) is 0 Å². The summed E-state index contributed by atoms with van der Waals surface area (Å²) in [6.07, 6.45) is 8.93. The molecule has 94 valence electrons. The number of halogens is 1. The third-order valence-corrected chi connectivity index (χ3v) is 5.97. The van der Waals surface area contributed by atoms with Gasteiger partial charge >= 0.3 is 0 Å². The monoisotopic (exact) mass is 269 g/mol. The fraction of sp³-hybridized carbons (Fsp3) is 0.786. The maximum Gasteiger partial charge on any atom is 0.0897 e. The van der Waals surface area contributed by atoms with E-state index in [1.54, 1.807) is 0 Å². The van der Waals surface area contributed by atoms with Gasteiger partial charge in [-0.25, -0.2) is 4.98 Å². The van der Waals surface area contributed by atoms with E-state index in [0.717, 1.165) is 17.8 Å². The highest BCUT2D eigenvalue weighted by atomic mass is 35.5. The number of rotatable bonds is 1. The van der Waals surface area contributed by atoms with E-state index >= 15 is 0 Å². The average molecular weight is 270 g/mol. The molecule has 0 spiro atoms. The molecule has 0 aliphatic heterocycles. The SMILES string of the molecule is Cc1nc(C23CC4CC(CC(C4)C2)C3)cs1.Cl. The van der Waals surface area contributed by atoms with Crippen LogP contribution in [0.4, 0.5) is 0 Å². The van der Waals surface area contributed by atoms with Gasteiger partial charge in [0.25, 0.3) is 0 Å². The zero-order chi connectivity index (χ0) is 10.8. The van der Waals surface area contributed by atoms with E-state index in [4.69, 9.17) is 4.98 Å². The minimum atomic E-state index is 0. The van der Waals surface area contributed by atoms with Crippen molar-refractivity contribution in [3.05, 3.63) is 16.1 Å². The molecule has 1 nitrogen and oxygen atoms in total. The van der Waals surface area contributed by atoms with Crippen molar-refractivity contribution in [1.29, 1.82) is 0 Å². The minimum absolute atomic E-state index is 0. The van der Waals surface area contributed by atoms with Gasteiger partial charge in [0, 0.05) is 10.8 Å². The van der Waals surface area contributed by atoms with E-state index in [1.807, 2.05) is 11.3 Å². The molecular weight excluding hydrogens is 250 g/mol. The van der Waals surface area contributed by atoms with Crippen molar-refractivity contribution in [2.45, 2.75) is 50.9 Å². The number of hydrogen-bond acceptors (Lipinski definition) is 2. The van der Waals surface area contributed by atoms with Crippen LogP contribution in [0.2, 0.25) is 0 Å². The molecule has 4 aliphatic carbocycles. The van der Waals surface area contributed by atoms with Gasteiger partial charge < -0.3 is 0 Å².